The molecule has 0 N–H and O–H groups in total. The van der Waals surface area contributed by atoms with Crippen molar-refractivity contribution in [2.45, 2.75) is 13.8 Å². The van der Waals surface area contributed by atoms with Crippen LogP contribution in [0.25, 0.3) is 11.1 Å². The van der Waals surface area contributed by atoms with Gasteiger partial charge in [-0.25, -0.2) is 0 Å². The number of para-hydroxylation sites is 1. The highest BCUT2D eigenvalue weighted by molar-refractivity contribution is 5.78. The zero-order chi connectivity index (χ0) is 24.2. The summed E-state index contributed by atoms with van der Waals surface area (Å²) in [5.74, 6) is 0. The smallest absolute Gasteiger partial charge is 0.0462 e. The number of anilines is 5. The van der Waals surface area contributed by atoms with Gasteiger partial charge in [-0.2, -0.15) is 0 Å². The molecule has 2 nitrogen and oxygen atoms in total. The first-order valence-electron chi connectivity index (χ1n) is 12.0. The maximum Gasteiger partial charge on any atom is 0.0462 e. The first kappa shape index (κ1) is 22.5. The fourth-order valence-corrected chi connectivity index (χ4v) is 4.32. The molecule has 0 heterocycles. The van der Waals surface area contributed by atoms with Crippen LogP contribution >= 0.6 is 0 Å². The van der Waals surface area contributed by atoms with Crippen molar-refractivity contribution >= 4 is 28.4 Å². The first-order chi connectivity index (χ1) is 17.1. The van der Waals surface area contributed by atoms with E-state index in [2.05, 4.69) is 158 Å². The Balaban J connectivity index is 1.41. The molecule has 0 spiro atoms. The topological polar surface area (TPSA) is 6.48 Å². The van der Waals surface area contributed by atoms with Crippen LogP contribution in [0.5, 0.6) is 0 Å². The molecule has 0 radical (unpaired) electrons. The summed E-state index contributed by atoms with van der Waals surface area (Å²) in [4.78, 5) is 4.51. The minimum atomic E-state index is 1.14. The number of aryl methyl sites for hydroxylation is 2. The molecule has 0 aliphatic carbocycles. The Morgan fingerprint density at radius 2 is 0.714 bits per heavy atom. The third-order valence-electron chi connectivity index (χ3n) is 6.44. The normalized spacial score (nSPS) is 10.7. The lowest BCUT2D eigenvalue weighted by Gasteiger charge is -2.25. The zero-order valence-electron chi connectivity index (χ0n) is 20.5. The molecule has 35 heavy (non-hydrogen) atoms. The fourth-order valence-electron chi connectivity index (χ4n) is 4.32. The Labute approximate surface area is 208 Å². The van der Waals surface area contributed by atoms with Crippen molar-refractivity contribution in [3.05, 3.63) is 139 Å². The van der Waals surface area contributed by atoms with Gasteiger partial charge in [0.15, 0.2) is 0 Å². The highest BCUT2D eigenvalue weighted by atomic mass is 15.1. The van der Waals surface area contributed by atoms with Crippen LogP contribution in [0.2, 0.25) is 0 Å². The van der Waals surface area contributed by atoms with E-state index in [1.807, 2.05) is 0 Å². The van der Waals surface area contributed by atoms with E-state index in [1.165, 1.54) is 33.6 Å². The molecule has 0 aromatic heterocycles. The van der Waals surface area contributed by atoms with E-state index in [0.717, 1.165) is 17.1 Å². The average molecular weight is 455 g/mol. The SMILES string of the molecule is Cc1ccc(N(C)c2ccc(-c3ccc(N(c4ccccc4)c4ccc(C)cc4)cc3)cc2)cc1. The molecule has 5 aromatic carbocycles. The quantitative estimate of drug-likeness (QED) is 0.252. The minimum Gasteiger partial charge on any atom is -0.345 e. The molecule has 5 rings (SSSR count). The van der Waals surface area contributed by atoms with Gasteiger partial charge in [0.2, 0.25) is 0 Å². The molecular weight excluding hydrogens is 424 g/mol. The Bertz CT molecular complexity index is 1370. The summed E-state index contributed by atoms with van der Waals surface area (Å²) < 4.78 is 0. The van der Waals surface area contributed by atoms with Crippen molar-refractivity contribution in [1.29, 1.82) is 0 Å². The molecule has 0 unspecified atom stereocenters. The molecule has 2 heteroatoms. The summed E-state index contributed by atoms with van der Waals surface area (Å²) in [6.45, 7) is 4.24. The molecule has 172 valence electrons. The van der Waals surface area contributed by atoms with Crippen LogP contribution in [0.4, 0.5) is 28.4 Å². The second kappa shape index (κ2) is 9.90. The Morgan fingerprint density at radius 3 is 1.17 bits per heavy atom. The van der Waals surface area contributed by atoms with Crippen molar-refractivity contribution in [2.24, 2.45) is 0 Å². The number of hydrogen-bond donors (Lipinski definition) is 0. The van der Waals surface area contributed by atoms with Gasteiger partial charge in [-0.3, -0.25) is 0 Å². The van der Waals surface area contributed by atoms with E-state index in [4.69, 9.17) is 0 Å². The molecule has 0 saturated carbocycles. The second-order valence-electron chi connectivity index (χ2n) is 8.99. The maximum absolute atomic E-state index is 2.29. The maximum atomic E-state index is 2.29. The van der Waals surface area contributed by atoms with Crippen LogP contribution in [0, 0.1) is 13.8 Å². The predicted octanol–water partition coefficient (Wildman–Crippen LogP) is 9.21. The lowest BCUT2D eigenvalue weighted by Crippen LogP contribution is -2.09. The zero-order valence-corrected chi connectivity index (χ0v) is 20.5. The largest absolute Gasteiger partial charge is 0.345 e. The molecule has 0 aliphatic rings. The van der Waals surface area contributed by atoms with Crippen LogP contribution in [-0.4, -0.2) is 7.05 Å². The van der Waals surface area contributed by atoms with E-state index >= 15 is 0 Å². The van der Waals surface area contributed by atoms with Gasteiger partial charge in [0, 0.05) is 35.5 Å². The standard InChI is InChI=1S/C33H30N2/c1-25-9-17-29(18-10-25)34(3)30-21-13-27(14-22-30)28-15-23-33(24-16-28)35(31-7-5-4-6-8-31)32-19-11-26(2)12-20-32/h4-24H,1-3H3. The van der Waals surface area contributed by atoms with Crippen molar-refractivity contribution in [3.63, 3.8) is 0 Å². The van der Waals surface area contributed by atoms with E-state index in [0.29, 0.717) is 0 Å². The fraction of sp³-hybridized carbons (Fsp3) is 0.0909. The monoisotopic (exact) mass is 454 g/mol. The van der Waals surface area contributed by atoms with Crippen LogP contribution in [0.3, 0.4) is 0 Å². The van der Waals surface area contributed by atoms with Gasteiger partial charge in [-0.05, 0) is 85.6 Å². The van der Waals surface area contributed by atoms with Gasteiger partial charge in [-0.1, -0.05) is 77.9 Å². The van der Waals surface area contributed by atoms with Crippen LogP contribution in [-0.2, 0) is 0 Å². The third-order valence-corrected chi connectivity index (χ3v) is 6.44. The van der Waals surface area contributed by atoms with Gasteiger partial charge in [0.1, 0.15) is 0 Å². The molecule has 0 atom stereocenters. The number of hydrogen-bond acceptors (Lipinski definition) is 2. The van der Waals surface area contributed by atoms with Gasteiger partial charge >= 0.3 is 0 Å². The van der Waals surface area contributed by atoms with E-state index < -0.39 is 0 Å². The Morgan fingerprint density at radius 1 is 0.371 bits per heavy atom. The number of nitrogens with zero attached hydrogens (tertiary/aromatic N) is 2. The van der Waals surface area contributed by atoms with Gasteiger partial charge in [0.25, 0.3) is 0 Å². The number of rotatable bonds is 6. The summed E-state index contributed by atoms with van der Waals surface area (Å²) in [5.41, 5.74) is 10.7. The molecule has 0 amide bonds. The summed E-state index contributed by atoms with van der Waals surface area (Å²) in [6.07, 6.45) is 0. The number of benzene rings is 5. The predicted molar refractivity (Wildman–Crippen MR) is 151 cm³/mol. The summed E-state index contributed by atoms with van der Waals surface area (Å²) in [7, 11) is 2.11. The van der Waals surface area contributed by atoms with Crippen LogP contribution < -0.4 is 9.80 Å². The van der Waals surface area contributed by atoms with Crippen molar-refractivity contribution in [1.82, 2.24) is 0 Å². The Kier molecular flexibility index (Phi) is 6.36. The summed E-state index contributed by atoms with van der Waals surface area (Å²) in [6, 6.07) is 45.4. The van der Waals surface area contributed by atoms with Gasteiger partial charge in [-0.15, -0.1) is 0 Å². The average Bonchev–Trinajstić information content (AvgIpc) is 2.91. The minimum absolute atomic E-state index is 1.14. The molecular formula is C33H30N2. The first-order valence-corrected chi connectivity index (χ1v) is 12.0. The van der Waals surface area contributed by atoms with Crippen molar-refractivity contribution in [3.8, 4) is 11.1 Å². The van der Waals surface area contributed by atoms with Crippen molar-refractivity contribution < 1.29 is 0 Å². The molecule has 0 aliphatic heterocycles. The van der Waals surface area contributed by atoms with Crippen molar-refractivity contribution in [2.75, 3.05) is 16.8 Å². The van der Waals surface area contributed by atoms with E-state index in [1.54, 1.807) is 0 Å². The highest BCUT2D eigenvalue weighted by Crippen LogP contribution is 2.36. The second-order valence-corrected chi connectivity index (χ2v) is 8.99. The summed E-state index contributed by atoms with van der Waals surface area (Å²) >= 11 is 0. The van der Waals surface area contributed by atoms with Gasteiger partial charge < -0.3 is 9.80 Å². The third kappa shape index (κ3) is 4.97. The Hall–Kier alpha value is -4.30. The lowest BCUT2D eigenvalue weighted by atomic mass is 10.0. The lowest BCUT2D eigenvalue weighted by molar-refractivity contribution is 1.20. The van der Waals surface area contributed by atoms with E-state index in [-0.39, 0.29) is 0 Å². The van der Waals surface area contributed by atoms with Crippen LogP contribution in [0.1, 0.15) is 11.1 Å². The molecule has 0 fully saturated rings. The highest BCUT2D eigenvalue weighted by Gasteiger charge is 2.12. The van der Waals surface area contributed by atoms with E-state index in [9.17, 15) is 0 Å². The molecule has 0 bridgehead atoms. The van der Waals surface area contributed by atoms with Crippen LogP contribution in [0.15, 0.2) is 127 Å². The summed E-state index contributed by atoms with van der Waals surface area (Å²) in [5, 5.41) is 0. The van der Waals surface area contributed by atoms with Gasteiger partial charge in [0.05, 0.1) is 0 Å². The molecule has 0 saturated heterocycles. The molecule has 5 aromatic rings.